The minimum atomic E-state index is -0.897. The normalized spacial score (nSPS) is 15.1. The van der Waals surface area contributed by atoms with Crippen LogP contribution >= 0.6 is 0 Å². The number of halogens is 2. The Morgan fingerprint density at radius 1 is 1.15 bits per heavy atom. The first-order valence-corrected chi connectivity index (χ1v) is 8.69. The number of likely N-dealkylation sites (tertiary alicyclic amines) is 1. The molecule has 4 nitrogen and oxygen atoms in total. The van der Waals surface area contributed by atoms with E-state index in [1.54, 1.807) is 6.07 Å². The molecule has 26 heavy (non-hydrogen) atoms. The van der Waals surface area contributed by atoms with Gasteiger partial charge in [-0.25, -0.2) is 13.6 Å². The summed E-state index contributed by atoms with van der Waals surface area (Å²) in [7, 11) is 0. The molecule has 0 aliphatic carbocycles. The van der Waals surface area contributed by atoms with E-state index < -0.39 is 17.7 Å². The number of benzene rings is 2. The van der Waals surface area contributed by atoms with Crippen LogP contribution in [0.25, 0.3) is 0 Å². The predicted molar refractivity (Wildman–Crippen MR) is 96.3 cm³/mol. The molecular weight excluding hydrogens is 338 g/mol. The van der Waals surface area contributed by atoms with Crippen LogP contribution in [0, 0.1) is 18.6 Å². The number of anilines is 1. The maximum absolute atomic E-state index is 13.6. The molecule has 0 unspecified atom stereocenters. The highest BCUT2D eigenvalue weighted by Gasteiger charge is 2.27. The molecule has 0 spiro atoms. The predicted octanol–water partition coefficient (Wildman–Crippen LogP) is 4.42. The molecule has 1 fully saturated rings. The van der Waals surface area contributed by atoms with Gasteiger partial charge in [0, 0.05) is 31.4 Å². The van der Waals surface area contributed by atoms with E-state index in [1.807, 2.05) is 25.1 Å². The first-order valence-electron chi connectivity index (χ1n) is 8.69. The fraction of sp³-hybridized carbons (Fsp3) is 0.350. The van der Waals surface area contributed by atoms with Crippen LogP contribution < -0.4 is 4.90 Å². The van der Waals surface area contributed by atoms with Crippen molar-refractivity contribution in [3.8, 4) is 0 Å². The maximum atomic E-state index is 13.6. The number of carbonyl (C=O) groups is 1. The van der Waals surface area contributed by atoms with E-state index in [9.17, 15) is 13.6 Å². The standard InChI is InChI=1S/C20H22F2N2O2/c1-14-3-2-4-17(11-14)24(13-15-5-6-18(21)19(22)12-15)16-7-9-23(10-8-16)20(25)26/h2-6,11-12,16H,7-10,13H2,1H3,(H,25,26). The number of nitrogens with zero attached hydrogens (tertiary/aromatic N) is 2. The smallest absolute Gasteiger partial charge is 0.407 e. The minimum Gasteiger partial charge on any atom is -0.465 e. The van der Waals surface area contributed by atoms with Crippen molar-refractivity contribution in [2.75, 3.05) is 18.0 Å². The number of amides is 1. The zero-order valence-corrected chi connectivity index (χ0v) is 14.7. The Kier molecular flexibility index (Phi) is 5.40. The van der Waals surface area contributed by atoms with E-state index in [0.717, 1.165) is 17.3 Å². The van der Waals surface area contributed by atoms with Crippen LogP contribution in [0.4, 0.5) is 19.3 Å². The van der Waals surface area contributed by atoms with Crippen molar-refractivity contribution in [3.05, 3.63) is 65.2 Å². The van der Waals surface area contributed by atoms with Crippen molar-refractivity contribution >= 4 is 11.8 Å². The zero-order valence-electron chi connectivity index (χ0n) is 14.7. The van der Waals surface area contributed by atoms with Crippen molar-refractivity contribution in [2.24, 2.45) is 0 Å². The summed E-state index contributed by atoms with van der Waals surface area (Å²) in [5.74, 6) is -1.71. The summed E-state index contributed by atoms with van der Waals surface area (Å²) in [6.45, 7) is 3.39. The highest BCUT2D eigenvalue weighted by molar-refractivity contribution is 5.65. The van der Waals surface area contributed by atoms with E-state index in [1.165, 1.54) is 11.0 Å². The number of piperidine rings is 1. The minimum absolute atomic E-state index is 0.139. The largest absolute Gasteiger partial charge is 0.465 e. The fourth-order valence-electron chi connectivity index (χ4n) is 3.44. The van der Waals surface area contributed by atoms with Gasteiger partial charge in [0.25, 0.3) is 0 Å². The van der Waals surface area contributed by atoms with Crippen LogP contribution in [0.3, 0.4) is 0 Å². The van der Waals surface area contributed by atoms with Crippen molar-refractivity contribution < 1.29 is 18.7 Å². The number of hydrogen-bond acceptors (Lipinski definition) is 2. The average molecular weight is 360 g/mol. The number of aryl methyl sites for hydroxylation is 1. The van der Waals surface area contributed by atoms with E-state index in [2.05, 4.69) is 11.0 Å². The number of carboxylic acid groups (broad SMARTS) is 1. The Labute approximate surface area is 151 Å². The van der Waals surface area contributed by atoms with Crippen molar-refractivity contribution in [1.82, 2.24) is 4.90 Å². The molecule has 0 bridgehead atoms. The highest BCUT2D eigenvalue weighted by atomic mass is 19.2. The van der Waals surface area contributed by atoms with Crippen LogP contribution in [0.2, 0.25) is 0 Å². The molecule has 1 heterocycles. The molecule has 138 valence electrons. The van der Waals surface area contributed by atoms with Crippen molar-refractivity contribution in [2.45, 2.75) is 32.4 Å². The van der Waals surface area contributed by atoms with Gasteiger partial charge in [-0.1, -0.05) is 18.2 Å². The summed E-state index contributed by atoms with van der Waals surface area (Å²) in [6, 6.07) is 12.1. The molecule has 3 rings (SSSR count). The molecule has 6 heteroatoms. The summed E-state index contributed by atoms with van der Waals surface area (Å²) < 4.78 is 26.8. The summed E-state index contributed by atoms with van der Waals surface area (Å²) in [5, 5.41) is 9.14. The topological polar surface area (TPSA) is 43.8 Å². The van der Waals surface area contributed by atoms with Gasteiger partial charge >= 0.3 is 6.09 Å². The van der Waals surface area contributed by atoms with Crippen LogP contribution in [0.15, 0.2) is 42.5 Å². The monoisotopic (exact) mass is 360 g/mol. The maximum Gasteiger partial charge on any atom is 0.407 e. The number of rotatable bonds is 4. The Morgan fingerprint density at radius 2 is 1.88 bits per heavy atom. The Bertz CT molecular complexity index is 789. The lowest BCUT2D eigenvalue weighted by Crippen LogP contribution is -2.46. The molecule has 1 N–H and O–H groups in total. The van der Waals surface area contributed by atoms with E-state index >= 15 is 0 Å². The molecule has 1 aliphatic rings. The fourth-order valence-corrected chi connectivity index (χ4v) is 3.44. The SMILES string of the molecule is Cc1cccc(N(Cc2ccc(F)c(F)c2)C2CCN(C(=O)O)CC2)c1. The van der Waals surface area contributed by atoms with Gasteiger partial charge in [0.15, 0.2) is 11.6 Å². The van der Waals surface area contributed by atoms with Crippen LogP contribution in [0.5, 0.6) is 0 Å². The lowest BCUT2D eigenvalue weighted by molar-refractivity contribution is 0.131. The molecule has 0 aromatic heterocycles. The molecule has 1 aliphatic heterocycles. The van der Waals surface area contributed by atoms with E-state index in [0.29, 0.717) is 38.0 Å². The third-order valence-electron chi connectivity index (χ3n) is 4.85. The van der Waals surface area contributed by atoms with Gasteiger partial charge in [0.2, 0.25) is 0 Å². The van der Waals surface area contributed by atoms with Gasteiger partial charge in [0.05, 0.1) is 0 Å². The van der Waals surface area contributed by atoms with Gasteiger partial charge in [-0.3, -0.25) is 0 Å². The first-order chi connectivity index (χ1) is 12.4. The average Bonchev–Trinajstić information content (AvgIpc) is 2.62. The lowest BCUT2D eigenvalue weighted by Gasteiger charge is -2.39. The van der Waals surface area contributed by atoms with Crippen LogP contribution in [0.1, 0.15) is 24.0 Å². The Balaban J connectivity index is 1.85. The van der Waals surface area contributed by atoms with Crippen LogP contribution in [-0.2, 0) is 6.54 Å². The molecule has 0 saturated carbocycles. The van der Waals surface area contributed by atoms with Crippen LogP contribution in [-0.4, -0.2) is 35.2 Å². The van der Waals surface area contributed by atoms with Gasteiger partial charge in [0.1, 0.15) is 0 Å². The van der Waals surface area contributed by atoms with Gasteiger partial charge in [-0.15, -0.1) is 0 Å². The Hall–Kier alpha value is -2.63. The summed E-state index contributed by atoms with van der Waals surface area (Å²) in [5.41, 5.74) is 2.80. The van der Waals surface area contributed by atoms with Crippen molar-refractivity contribution in [1.29, 1.82) is 0 Å². The quantitative estimate of drug-likeness (QED) is 0.878. The van der Waals surface area contributed by atoms with E-state index in [-0.39, 0.29) is 6.04 Å². The number of hydrogen-bond donors (Lipinski definition) is 1. The molecule has 1 amide bonds. The molecule has 0 radical (unpaired) electrons. The second kappa shape index (κ2) is 7.72. The summed E-state index contributed by atoms with van der Waals surface area (Å²) >= 11 is 0. The molecule has 0 atom stereocenters. The van der Waals surface area contributed by atoms with Gasteiger partial charge in [-0.2, -0.15) is 0 Å². The van der Waals surface area contributed by atoms with Gasteiger partial charge in [-0.05, 0) is 55.2 Å². The second-order valence-electron chi connectivity index (χ2n) is 6.72. The molecular formula is C20H22F2N2O2. The van der Waals surface area contributed by atoms with Gasteiger partial charge < -0.3 is 14.9 Å². The van der Waals surface area contributed by atoms with Crippen molar-refractivity contribution in [3.63, 3.8) is 0 Å². The summed E-state index contributed by atoms with van der Waals surface area (Å²) in [4.78, 5) is 14.7. The van der Waals surface area contributed by atoms with E-state index in [4.69, 9.17) is 5.11 Å². The Morgan fingerprint density at radius 3 is 2.50 bits per heavy atom. The first kappa shape index (κ1) is 18.2. The third-order valence-corrected chi connectivity index (χ3v) is 4.85. The molecule has 2 aromatic rings. The summed E-state index contributed by atoms with van der Waals surface area (Å²) in [6.07, 6.45) is 0.500. The molecule has 1 saturated heterocycles. The second-order valence-corrected chi connectivity index (χ2v) is 6.72. The third kappa shape index (κ3) is 4.12. The lowest BCUT2D eigenvalue weighted by atomic mass is 10.0. The highest BCUT2D eigenvalue weighted by Crippen LogP contribution is 2.27. The zero-order chi connectivity index (χ0) is 18.7. The molecule has 2 aromatic carbocycles.